The number of benzene rings is 2. The molecule has 0 atom stereocenters. The Bertz CT molecular complexity index is 525. The van der Waals surface area contributed by atoms with Crippen molar-refractivity contribution in [3.8, 4) is 5.75 Å². The summed E-state index contributed by atoms with van der Waals surface area (Å²) < 4.78 is 6.57. The third-order valence-corrected chi connectivity index (χ3v) is 3.49. The molecule has 0 aliphatic carbocycles. The van der Waals surface area contributed by atoms with Crippen molar-refractivity contribution in [1.29, 1.82) is 0 Å². The van der Waals surface area contributed by atoms with E-state index in [0.29, 0.717) is 12.3 Å². The van der Waals surface area contributed by atoms with E-state index in [2.05, 4.69) is 35.0 Å². The summed E-state index contributed by atoms with van der Waals surface area (Å²) in [6.45, 7) is 2.63. The van der Waals surface area contributed by atoms with E-state index in [1.54, 1.807) is 0 Å². The predicted octanol–water partition coefficient (Wildman–Crippen LogP) is 3.92. The number of nitrogens with two attached hydrogens (primary N) is 1. The Balaban J connectivity index is 2.13. The molecular weight excluding hydrogens is 278 g/mol. The molecule has 0 fully saturated rings. The highest BCUT2D eigenvalue weighted by atomic mass is 79.9. The minimum Gasteiger partial charge on any atom is -0.488 e. The van der Waals surface area contributed by atoms with E-state index >= 15 is 0 Å². The van der Waals surface area contributed by atoms with Crippen molar-refractivity contribution in [1.82, 2.24) is 0 Å². The van der Waals surface area contributed by atoms with Crippen LogP contribution in [0.25, 0.3) is 0 Å². The maximum Gasteiger partial charge on any atom is 0.136 e. The Kier molecular flexibility index (Phi) is 3.69. The molecule has 88 valence electrons. The van der Waals surface area contributed by atoms with Crippen LogP contribution in [0.15, 0.2) is 46.9 Å². The van der Waals surface area contributed by atoms with E-state index in [0.717, 1.165) is 10.2 Å². The van der Waals surface area contributed by atoms with Crippen LogP contribution in [0.5, 0.6) is 5.75 Å². The average Bonchev–Trinajstić information content (AvgIpc) is 2.33. The summed E-state index contributed by atoms with van der Waals surface area (Å²) in [4.78, 5) is 0. The summed E-state index contributed by atoms with van der Waals surface area (Å²) in [5.41, 5.74) is 8.89. The fourth-order valence-electron chi connectivity index (χ4n) is 1.57. The van der Waals surface area contributed by atoms with Crippen LogP contribution in [0, 0.1) is 6.92 Å². The zero-order chi connectivity index (χ0) is 12.3. The SMILES string of the molecule is Cc1ccccc1COc1cccc(N)c1Br. The van der Waals surface area contributed by atoms with Crippen LogP contribution in [-0.2, 0) is 6.61 Å². The highest BCUT2D eigenvalue weighted by Gasteiger charge is 2.05. The second kappa shape index (κ2) is 5.23. The largest absolute Gasteiger partial charge is 0.488 e. The summed E-state index contributed by atoms with van der Waals surface area (Å²) >= 11 is 3.42. The number of rotatable bonds is 3. The van der Waals surface area contributed by atoms with Crippen molar-refractivity contribution in [2.75, 3.05) is 5.73 Å². The lowest BCUT2D eigenvalue weighted by Crippen LogP contribution is -1.99. The molecule has 2 rings (SSSR count). The van der Waals surface area contributed by atoms with Crippen molar-refractivity contribution in [2.24, 2.45) is 0 Å². The van der Waals surface area contributed by atoms with Gasteiger partial charge in [0.1, 0.15) is 12.4 Å². The van der Waals surface area contributed by atoms with Gasteiger partial charge < -0.3 is 10.5 Å². The smallest absolute Gasteiger partial charge is 0.136 e. The van der Waals surface area contributed by atoms with Crippen LogP contribution >= 0.6 is 15.9 Å². The second-order valence-corrected chi connectivity index (χ2v) is 4.67. The van der Waals surface area contributed by atoms with E-state index < -0.39 is 0 Å². The van der Waals surface area contributed by atoms with Crippen molar-refractivity contribution in [3.05, 3.63) is 58.1 Å². The zero-order valence-electron chi connectivity index (χ0n) is 9.61. The van der Waals surface area contributed by atoms with Gasteiger partial charge in [0.15, 0.2) is 0 Å². The van der Waals surface area contributed by atoms with Gasteiger partial charge in [-0.2, -0.15) is 0 Å². The topological polar surface area (TPSA) is 35.2 Å². The number of aryl methyl sites for hydroxylation is 1. The minimum atomic E-state index is 0.550. The Hall–Kier alpha value is -1.48. The third-order valence-electron chi connectivity index (χ3n) is 2.64. The maximum atomic E-state index is 5.79. The quantitative estimate of drug-likeness (QED) is 0.870. The molecule has 0 spiro atoms. The molecule has 0 aromatic heterocycles. The third kappa shape index (κ3) is 2.80. The number of anilines is 1. The molecule has 0 unspecified atom stereocenters. The maximum absolute atomic E-state index is 5.79. The van der Waals surface area contributed by atoms with Gasteiger partial charge in [0.05, 0.1) is 4.47 Å². The Morgan fingerprint density at radius 2 is 1.88 bits per heavy atom. The van der Waals surface area contributed by atoms with E-state index in [1.807, 2.05) is 30.3 Å². The van der Waals surface area contributed by atoms with Gasteiger partial charge in [-0.25, -0.2) is 0 Å². The predicted molar refractivity (Wildman–Crippen MR) is 74.1 cm³/mol. The molecule has 3 heteroatoms. The molecular formula is C14H14BrNO. The normalized spacial score (nSPS) is 10.2. The van der Waals surface area contributed by atoms with Crippen LogP contribution in [0.3, 0.4) is 0 Å². The van der Waals surface area contributed by atoms with Crippen LogP contribution < -0.4 is 10.5 Å². The lowest BCUT2D eigenvalue weighted by molar-refractivity contribution is 0.303. The number of hydrogen-bond acceptors (Lipinski definition) is 2. The first-order chi connectivity index (χ1) is 8.18. The molecule has 2 N–H and O–H groups in total. The first-order valence-corrected chi connectivity index (χ1v) is 6.19. The Morgan fingerprint density at radius 3 is 2.65 bits per heavy atom. The zero-order valence-corrected chi connectivity index (χ0v) is 11.2. The molecule has 2 nitrogen and oxygen atoms in total. The summed E-state index contributed by atoms with van der Waals surface area (Å²) in [7, 11) is 0. The Morgan fingerprint density at radius 1 is 1.12 bits per heavy atom. The minimum absolute atomic E-state index is 0.550. The fourth-order valence-corrected chi connectivity index (χ4v) is 1.95. The van der Waals surface area contributed by atoms with E-state index in [1.165, 1.54) is 11.1 Å². The second-order valence-electron chi connectivity index (χ2n) is 3.87. The van der Waals surface area contributed by atoms with Gasteiger partial charge in [-0.15, -0.1) is 0 Å². The number of ether oxygens (including phenoxy) is 1. The molecule has 17 heavy (non-hydrogen) atoms. The molecule has 0 aliphatic heterocycles. The molecule has 2 aromatic carbocycles. The molecule has 0 amide bonds. The molecule has 0 saturated carbocycles. The summed E-state index contributed by atoms with van der Waals surface area (Å²) in [5, 5.41) is 0. The molecule has 0 saturated heterocycles. The van der Waals surface area contributed by atoms with Gasteiger partial charge in [-0.3, -0.25) is 0 Å². The van der Waals surface area contributed by atoms with Crippen LogP contribution in [-0.4, -0.2) is 0 Å². The van der Waals surface area contributed by atoms with Gasteiger partial charge in [0.25, 0.3) is 0 Å². The molecule has 0 heterocycles. The van der Waals surface area contributed by atoms with Gasteiger partial charge in [0.2, 0.25) is 0 Å². The fraction of sp³-hybridized carbons (Fsp3) is 0.143. The van der Waals surface area contributed by atoms with E-state index in [-0.39, 0.29) is 0 Å². The Labute approximate surface area is 110 Å². The van der Waals surface area contributed by atoms with E-state index in [9.17, 15) is 0 Å². The highest BCUT2D eigenvalue weighted by molar-refractivity contribution is 9.10. The van der Waals surface area contributed by atoms with Gasteiger partial charge >= 0.3 is 0 Å². The van der Waals surface area contributed by atoms with Crippen LogP contribution in [0.2, 0.25) is 0 Å². The van der Waals surface area contributed by atoms with Crippen molar-refractivity contribution < 1.29 is 4.74 Å². The highest BCUT2D eigenvalue weighted by Crippen LogP contribution is 2.30. The monoisotopic (exact) mass is 291 g/mol. The molecule has 0 aliphatic rings. The first-order valence-electron chi connectivity index (χ1n) is 5.40. The molecule has 0 radical (unpaired) electrons. The molecule has 0 bridgehead atoms. The van der Waals surface area contributed by atoms with E-state index in [4.69, 9.17) is 10.5 Å². The first kappa shape index (κ1) is 12.0. The van der Waals surface area contributed by atoms with Gasteiger partial charge in [-0.05, 0) is 46.1 Å². The number of nitrogen functional groups attached to an aromatic ring is 1. The van der Waals surface area contributed by atoms with Crippen LogP contribution in [0.1, 0.15) is 11.1 Å². The van der Waals surface area contributed by atoms with Crippen LogP contribution in [0.4, 0.5) is 5.69 Å². The standard InChI is InChI=1S/C14H14BrNO/c1-10-5-2-3-6-11(10)9-17-13-8-4-7-12(16)14(13)15/h2-8H,9,16H2,1H3. The van der Waals surface area contributed by atoms with Crippen molar-refractivity contribution >= 4 is 21.6 Å². The summed E-state index contributed by atoms with van der Waals surface area (Å²) in [5.74, 6) is 0.772. The average molecular weight is 292 g/mol. The van der Waals surface area contributed by atoms with Gasteiger partial charge in [-0.1, -0.05) is 30.3 Å². The van der Waals surface area contributed by atoms with Gasteiger partial charge in [0, 0.05) is 5.69 Å². The van der Waals surface area contributed by atoms with Crippen molar-refractivity contribution in [3.63, 3.8) is 0 Å². The summed E-state index contributed by atoms with van der Waals surface area (Å²) in [6.07, 6.45) is 0. The van der Waals surface area contributed by atoms with Crippen molar-refractivity contribution in [2.45, 2.75) is 13.5 Å². The number of hydrogen-bond donors (Lipinski definition) is 1. The summed E-state index contributed by atoms with van der Waals surface area (Å²) in [6, 6.07) is 13.8. The lowest BCUT2D eigenvalue weighted by atomic mass is 10.1. The number of halogens is 1. The lowest BCUT2D eigenvalue weighted by Gasteiger charge is -2.11. The molecule has 2 aromatic rings.